The Bertz CT molecular complexity index is 802. The minimum absolute atomic E-state index is 0.0569. The molecule has 1 atom stereocenters. The Labute approximate surface area is 153 Å². The fraction of sp³-hybridized carbons (Fsp3) is 0.714. The fourth-order valence-electron chi connectivity index (χ4n) is 2.62. The van der Waals surface area contributed by atoms with Gasteiger partial charge in [-0.05, 0) is 24.9 Å². The van der Waals surface area contributed by atoms with E-state index < -0.39 is 20.0 Å². The van der Waals surface area contributed by atoms with Gasteiger partial charge in [-0.25, -0.2) is 22.0 Å². The second kappa shape index (κ2) is 7.99. The molecule has 0 amide bonds. The first-order valence-electron chi connectivity index (χ1n) is 7.96. The number of sulfonamides is 2. The molecule has 3 N–H and O–H groups in total. The molecule has 0 bridgehead atoms. The second-order valence-electron chi connectivity index (χ2n) is 6.42. The number of hydrogen-bond donors (Lipinski definition) is 2. The van der Waals surface area contributed by atoms with Gasteiger partial charge in [-0.1, -0.05) is 13.8 Å². The molecular weight excluding hydrogens is 386 g/mol. The van der Waals surface area contributed by atoms with Crippen molar-refractivity contribution in [1.82, 2.24) is 9.62 Å². The summed E-state index contributed by atoms with van der Waals surface area (Å²) in [5, 5.41) is 8.53. The van der Waals surface area contributed by atoms with E-state index in [1.54, 1.807) is 7.11 Å². The average molecular weight is 412 g/mol. The summed E-state index contributed by atoms with van der Waals surface area (Å²) in [6.45, 7) is 5.82. The predicted octanol–water partition coefficient (Wildman–Crippen LogP) is 0.723. The van der Waals surface area contributed by atoms with E-state index in [1.165, 1.54) is 10.4 Å². The van der Waals surface area contributed by atoms with E-state index in [2.05, 4.69) is 5.32 Å². The number of nitrogens with one attached hydrogen (secondary N) is 1. The topological polar surface area (TPSA) is 119 Å². The minimum atomic E-state index is -3.95. The molecule has 0 radical (unpaired) electrons. The van der Waals surface area contributed by atoms with Crippen molar-refractivity contribution in [2.24, 2.45) is 11.1 Å². The first-order valence-corrected chi connectivity index (χ1v) is 11.8. The Morgan fingerprint density at radius 3 is 2.72 bits per heavy atom. The minimum Gasteiger partial charge on any atom is -0.385 e. The molecule has 2 rings (SSSR count). The lowest BCUT2D eigenvalue weighted by Gasteiger charge is -2.33. The highest BCUT2D eigenvalue weighted by Gasteiger charge is 2.39. The van der Waals surface area contributed by atoms with E-state index in [4.69, 9.17) is 9.88 Å². The van der Waals surface area contributed by atoms with Crippen molar-refractivity contribution in [1.29, 1.82) is 0 Å². The van der Waals surface area contributed by atoms with Crippen LogP contribution in [0.1, 0.15) is 31.9 Å². The average Bonchev–Trinajstić information content (AvgIpc) is 2.95. The standard InChI is InChI=1S/C14H25N3O5S3/c1-10(2)8-16-12-9-17(5-4-6-22-3)25(20,21)14-11(12)7-13(23-14)24(15,18)19/h7,10,12,16H,4-6,8-9H2,1-3H3,(H2,15,18,19)/t12-/m0/s1. The lowest BCUT2D eigenvalue weighted by Crippen LogP contribution is -2.44. The maximum Gasteiger partial charge on any atom is 0.252 e. The number of thiophene rings is 1. The first-order chi connectivity index (χ1) is 11.6. The van der Waals surface area contributed by atoms with Crippen molar-refractivity contribution in [3.63, 3.8) is 0 Å². The number of methoxy groups -OCH3 is 1. The Balaban J connectivity index is 2.41. The van der Waals surface area contributed by atoms with Crippen molar-refractivity contribution in [3.8, 4) is 0 Å². The monoisotopic (exact) mass is 411 g/mol. The lowest BCUT2D eigenvalue weighted by atomic mass is 10.1. The molecule has 0 saturated heterocycles. The van der Waals surface area contributed by atoms with Crippen LogP contribution in [0.25, 0.3) is 0 Å². The molecule has 8 nitrogen and oxygen atoms in total. The molecule has 11 heteroatoms. The molecule has 0 saturated carbocycles. The van der Waals surface area contributed by atoms with Crippen molar-refractivity contribution in [2.75, 3.05) is 33.4 Å². The van der Waals surface area contributed by atoms with Gasteiger partial charge in [-0.15, -0.1) is 11.3 Å². The van der Waals surface area contributed by atoms with Crippen molar-refractivity contribution in [3.05, 3.63) is 11.6 Å². The molecule has 144 valence electrons. The molecule has 25 heavy (non-hydrogen) atoms. The highest BCUT2D eigenvalue weighted by atomic mass is 32.3. The molecular formula is C14H25N3O5S3. The van der Waals surface area contributed by atoms with Gasteiger partial charge in [0, 0.05) is 38.4 Å². The van der Waals surface area contributed by atoms with E-state index in [0.29, 0.717) is 48.9 Å². The van der Waals surface area contributed by atoms with Crippen LogP contribution in [-0.4, -0.2) is 54.5 Å². The SMILES string of the molecule is COCCCN1C[C@H](NCC(C)C)c2cc(S(N)(=O)=O)sc2S1(=O)=O. The molecule has 0 aliphatic carbocycles. The summed E-state index contributed by atoms with van der Waals surface area (Å²) in [7, 11) is -6.13. The van der Waals surface area contributed by atoms with Crippen LogP contribution in [-0.2, 0) is 24.8 Å². The van der Waals surface area contributed by atoms with Gasteiger partial charge in [0.2, 0.25) is 10.0 Å². The van der Waals surface area contributed by atoms with Crippen LogP contribution >= 0.6 is 11.3 Å². The van der Waals surface area contributed by atoms with Crippen LogP contribution in [0, 0.1) is 5.92 Å². The molecule has 1 aromatic rings. The highest BCUT2D eigenvalue weighted by molar-refractivity contribution is 7.94. The summed E-state index contributed by atoms with van der Waals surface area (Å²) in [6, 6.07) is 1.12. The molecule has 0 unspecified atom stereocenters. The van der Waals surface area contributed by atoms with Crippen LogP contribution in [0.5, 0.6) is 0 Å². The fourth-order valence-corrected chi connectivity index (χ4v) is 6.92. The van der Waals surface area contributed by atoms with Crippen LogP contribution in [0.4, 0.5) is 0 Å². The van der Waals surface area contributed by atoms with E-state index in [0.717, 1.165) is 0 Å². The summed E-state index contributed by atoms with van der Waals surface area (Å²) in [5.41, 5.74) is 0.484. The van der Waals surface area contributed by atoms with Gasteiger partial charge < -0.3 is 10.1 Å². The quantitative estimate of drug-likeness (QED) is 0.609. The van der Waals surface area contributed by atoms with Gasteiger partial charge in [0.05, 0.1) is 0 Å². The van der Waals surface area contributed by atoms with Gasteiger partial charge in [-0.3, -0.25) is 0 Å². The van der Waals surface area contributed by atoms with Crippen LogP contribution in [0.15, 0.2) is 14.5 Å². The van der Waals surface area contributed by atoms with Crippen molar-refractivity contribution in [2.45, 2.75) is 34.7 Å². The molecule has 1 aromatic heterocycles. The Hall–Kier alpha value is -0.560. The third kappa shape index (κ3) is 4.79. The van der Waals surface area contributed by atoms with E-state index in [1.807, 2.05) is 13.8 Å². The zero-order valence-corrected chi connectivity index (χ0v) is 17.0. The van der Waals surface area contributed by atoms with E-state index in [-0.39, 0.29) is 21.0 Å². The smallest absolute Gasteiger partial charge is 0.252 e. The number of hydrogen-bond acceptors (Lipinski definition) is 7. The number of nitrogens with two attached hydrogens (primary N) is 1. The summed E-state index contributed by atoms with van der Waals surface area (Å²) in [4.78, 5) is 0. The Morgan fingerprint density at radius 2 is 2.16 bits per heavy atom. The van der Waals surface area contributed by atoms with Crippen LogP contribution in [0.3, 0.4) is 0 Å². The third-order valence-electron chi connectivity index (χ3n) is 3.85. The maximum atomic E-state index is 12.9. The molecule has 1 aliphatic rings. The Morgan fingerprint density at radius 1 is 1.48 bits per heavy atom. The summed E-state index contributed by atoms with van der Waals surface area (Å²) < 4.78 is 55.4. The zero-order chi connectivity index (χ0) is 18.8. The maximum absolute atomic E-state index is 12.9. The number of nitrogens with zero attached hydrogens (tertiary/aromatic N) is 1. The van der Waals surface area contributed by atoms with Crippen molar-refractivity contribution >= 4 is 31.4 Å². The zero-order valence-electron chi connectivity index (χ0n) is 14.6. The normalized spacial score (nSPS) is 20.8. The largest absolute Gasteiger partial charge is 0.385 e. The second-order valence-corrected chi connectivity index (χ2v) is 11.4. The Kier molecular flexibility index (Phi) is 6.63. The molecule has 0 fully saturated rings. The van der Waals surface area contributed by atoms with Crippen molar-refractivity contribution < 1.29 is 21.6 Å². The molecule has 1 aliphatic heterocycles. The summed E-state index contributed by atoms with van der Waals surface area (Å²) in [5.74, 6) is 0.375. The van der Waals surface area contributed by atoms with Crippen LogP contribution < -0.4 is 10.5 Å². The van der Waals surface area contributed by atoms with E-state index >= 15 is 0 Å². The van der Waals surface area contributed by atoms with Gasteiger partial charge in [-0.2, -0.15) is 4.31 Å². The number of primary sulfonamides is 1. The molecule has 0 spiro atoms. The van der Waals surface area contributed by atoms with E-state index in [9.17, 15) is 16.8 Å². The summed E-state index contributed by atoms with van der Waals surface area (Å²) in [6.07, 6.45) is 0.565. The van der Waals surface area contributed by atoms with Gasteiger partial charge >= 0.3 is 0 Å². The van der Waals surface area contributed by atoms with Gasteiger partial charge in [0.1, 0.15) is 8.42 Å². The lowest BCUT2D eigenvalue weighted by molar-refractivity contribution is 0.185. The summed E-state index contributed by atoms with van der Waals surface area (Å²) >= 11 is 0.716. The van der Waals surface area contributed by atoms with Gasteiger partial charge in [0.15, 0.2) is 0 Å². The first kappa shape index (κ1) is 20.7. The molecule has 0 aromatic carbocycles. The van der Waals surface area contributed by atoms with Gasteiger partial charge in [0.25, 0.3) is 10.0 Å². The number of rotatable bonds is 8. The number of fused-ring (bicyclic) bond motifs is 1. The third-order valence-corrected chi connectivity index (χ3v) is 8.81. The predicted molar refractivity (Wildman–Crippen MR) is 96.5 cm³/mol. The molecule has 2 heterocycles. The van der Waals surface area contributed by atoms with Crippen LogP contribution in [0.2, 0.25) is 0 Å². The number of ether oxygens (including phenoxy) is 1. The highest BCUT2D eigenvalue weighted by Crippen LogP contribution is 2.39.